The lowest BCUT2D eigenvalue weighted by Gasteiger charge is -2.08. The topological polar surface area (TPSA) is 89.3 Å². The summed E-state index contributed by atoms with van der Waals surface area (Å²) >= 11 is 0. The summed E-state index contributed by atoms with van der Waals surface area (Å²) in [5.74, 6) is -1.23. The summed E-state index contributed by atoms with van der Waals surface area (Å²) < 4.78 is 24.7. The Morgan fingerprint density at radius 3 is 2.48 bits per heavy atom. The maximum atomic E-state index is 11.7. The van der Waals surface area contributed by atoms with E-state index in [-0.39, 0.29) is 10.9 Å². The van der Waals surface area contributed by atoms with Crippen molar-refractivity contribution < 1.29 is 18.3 Å². The Hall–Kier alpha value is -2.15. The summed E-state index contributed by atoms with van der Waals surface area (Å²) in [6.07, 6.45) is 1.33. The van der Waals surface area contributed by atoms with E-state index in [1.807, 2.05) is 31.2 Å². The maximum absolute atomic E-state index is 11.7. The minimum absolute atomic E-state index is 0.221. The van der Waals surface area contributed by atoms with Crippen LogP contribution in [-0.2, 0) is 23.3 Å². The molecular formula is C14H16N2O4S. The van der Waals surface area contributed by atoms with Crippen molar-refractivity contribution in [3.63, 3.8) is 0 Å². The smallest absolute Gasteiger partial charge is 0.356 e. The van der Waals surface area contributed by atoms with Crippen molar-refractivity contribution in [3.8, 4) is 0 Å². The molecule has 2 rings (SSSR count). The van der Waals surface area contributed by atoms with Crippen LogP contribution in [0.25, 0.3) is 0 Å². The molecule has 0 amide bonds. The third-order valence-corrected chi connectivity index (χ3v) is 4.35. The van der Waals surface area contributed by atoms with E-state index in [2.05, 4.69) is 4.98 Å². The Labute approximate surface area is 123 Å². The fourth-order valence-corrected chi connectivity index (χ4v) is 3.07. The predicted molar refractivity (Wildman–Crippen MR) is 77.3 cm³/mol. The van der Waals surface area contributed by atoms with Crippen LogP contribution in [0.15, 0.2) is 29.4 Å². The molecule has 0 unspecified atom stereocenters. The van der Waals surface area contributed by atoms with Gasteiger partial charge in [-0.25, -0.2) is 18.2 Å². The van der Waals surface area contributed by atoms with Crippen molar-refractivity contribution >= 4 is 15.8 Å². The van der Waals surface area contributed by atoms with Crippen molar-refractivity contribution in [1.82, 2.24) is 9.55 Å². The van der Waals surface area contributed by atoms with Gasteiger partial charge in [-0.1, -0.05) is 24.3 Å². The minimum Gasteiger partial charge on any atom is -0.476 e. The maximum Gasteiger partial charge on any atom is 0.356 e. The number of carbonyl (C=O) groups is 1. The average molecular weight is 308 g/mol. The summed E-state index contributed by atoms with van der Waals surface area (Å²) in [6, 6.07) is 7.55. The number of hydrogen-bond acceptors (Lipinski definition) is 4. The molecule has 1 N–H and O–H groups in total. The number of nitrogens with zero attached hydrogens (tertiary/aromatic N) is 2. The SMILES string of the molecule is Cc1ccccc1Cc1c(C(=O)O)nc(S(C)(=O)=O)n1C. The number of imidazole rings is 1. The molecule has 0 saturated carbocycles. The van der Waals surface area contributed by atoms with Crippen LogP contribution in [0, 0.1) is 6.92 Å². The van der Waals surface area contributed by atoms with E-state index in [1.54, 1.807) is 0 Å². The van der Waals surface area contributed by atoms with Crippen LogP contribution in [0.5, 0.6) is 0 Å². The lowest BCUT2D eigenvalue weighted by molar-refractivity contribution is 0.0689. The van der Waals surface area contributed by atoms with E-state index in [9.17, 15) is 18.3 Å². The highest BCUT2D eigenvalue weighted by Crippen LogP contribution is 2.20. The highest BCUT2D eigenvalue weighted by molar-refractivity contribution is 7.90. The van der Waals surface area contributed by atoms with Crippen molar-refractivity contribution in [3.05, 3.63) is 46.8 Å². The van der Waals surface area contributed by atoms with E-state index < -0.39 is 15.8 Å². The molecule has 0 aliphatic carbocycles. The molecule has 1 aromatic carbocycles. The third kappa shape index (κ3) is 2.97. The standard InChI is InChI=1S/C14H16N2O4S/c1-9-6-4-5-7-10(9)8-11-12(13(17)18)15-14(16(11)2)21(3,19)20/h4-7H,8H2,1-3H3,(H,17,18). The van der Waals surface area contributed by atoms with Gasteiger partial charge in [0.1, 0.15) is 0 Å². The zero-order valence-corrected chi connectivity index (χ0v) is 12.8. The Bertz CT molecular complexity index is 806. The molecule has 0 bridgehead atoms. The molecule has 0 spiro atoms. The number of carboxylic acid groups (broad SMARTS) is 1. The van der Waals surface area contributed by atoms with Crippen molar-refractivity contribution in [2.24, 2.45) is 7.05 Å². The summed E-state index contributed by atoms with van der Waals surface area (Å²) in [5.41, 5.74) is 2.09. The van der Waals surface area contributed by atoms with Crippen LogP contribution in [-0.4, -0.2) is 35.3 Å². The highest BCUT2D eigenvalue weighted by Gasteiger charge is 2.25. The first kappa shape index (κ1) is 15.2. The summed E-state index contributed by atoms with van der Waals surface area (Å²) in [5, 5.41) is 9.01. The summed E-state index contributed by atoms with van der Waals surface area (Å²) in [4.78, 5) is 15.1. The Kier molecular flexibility index (Phi) is 3.87. The van der Waals surface area contributed by atoms with Crippen molar-refractivity contribution in [2.45, 2.75) is 18.5 Å². The zero-order valence-electron chi connectivity index (χ0n) is 12.0. The first-order valence-corrected chi connectivity index (χ1v) is 8.14. The fraction of sp³-hybridized carbons (Fsp3) is 0.286. The fourth-order valence-electron chi connectivity index (χ4n) is 2.20. The van der Waals surface area contributed by atoms with Gasteiger partial charge < -0.3 is 9.67 Å². The second kappa shape index (κ2) is 5.33. The van der Waals surface area contributed by atoms with E-state index in [0.717, 1.165) is 17.4 Å². The van der Waals surface area contributed by atoms with Gasteiger partial charge in [0.05, 0.1) is 5.69 Å². The molecule has 2 aromatic rings. The molecule has 0 atom stereocenters. The van der Waals surface area contributed by atoms with Gasteiger partial charge in [0.25, 0.3) is 0 Å². The lowest BCUT2D eigenvalue weighted by Crippen LogP contribution is -2.09. The molecule has 7 heteroatoms. The summed E-state index contributed by atoms with van der Waals surface area (Å²) in [6.45, 7) is 1.92. The monoisotopic (exact) mass is 308 g/mol. The van der Waals surface area contributed by atoms with Gasteiger partial charge in [-0.15, -0.1) is 0 Å². The van der Waals surface area contributed by atoms with Gasteiger partial charge in [0.15, 0.2) is 5.69 Å². The normalized spacial score (nSPS) is 11.6. The highest BCUT2D eigenvalue weighted by atomic mass is 32.2. The van der Waals surface area contributed by atoms with E-state index in [0.29, 0.717) is 12.1 Å². The molecule has 21 heavy (non-hydrogen) atoms. The Morgan fingerprint density at radius 2 is 1.95 bits per heavy atom. The van der Waals surface area contributed by atoms with Crippen LogP contribution in [0.2, 0.25) is 0 Å². The van der Waals surface area contributed by atoms with E-state index in [4.69, 9.17) is 0 Å². The number of aromatic nitrogens is 2. The Morgan fingerprint density at radius 1 is 1.33 bits per heavy atom. The quantitative estimate of drug-likeness (QED) is 0.922. The number of hydrogen-bond donors (Lipinski definition) is 1. The van der Waals surface area contributed by atoms with Crippen molar-refractivity contribution in [2.75, 3.05) is 6.26 Å². The van der Waals surface area contributed by atoms with E-state index >= 15 is 0 Å². The number of rotatable bonds is 4. The van der Waals surface area contributed by atoms with Gasteiger partial charge in [0, 0.05) is 19.7 Å². The first-order chi connectivity index (χ1) is 9.71. The summed E-state index contributed by atoms with van der Waals surface area (Å²) in [7, 11) is -2.07. The van der Waals surface area contributed by atoms with Crippen LogP contribution in [0.3, 0.4) is 0 Å². The Balaban J connectivity index is 2.60. The number of aromatic carboxylic acids is 1. The molecular weight excluding hydrogens is 292 g/mol. The van der Waals surface area contributed by atoms with Gasteiger partial charge in [-0.2, -0.15) is 0 Å². The molecule has 0 saturated heterocycles. The van der Waals surface area contributed by atoms with E-state index in [1.165, 1.54) is 11.6 Å². The lowest BCUT2D eigenvalue weighted by atomic mass is 10.0. The molecule has 0 fully saturated rings. The molecule has 1 aromatic heterocycles. The second-order valence-electron chi connectivity index (χ2n) is 4.93. The molecule has 6 nitrogen and oxygen atoms in total. The number of carboxylic acids is 1. The first-order valence-electron chi connectivity index (χ1n) is 6.25. The zero-order chi connectivity index (χ0) is 15.8. The average Bonchev–Trinajstić information content (AvgIpc) is 2.70. The largest absolute Gasteiger partial charge is 0.476 e. The molecule has 0 aliphatic heterocycles. The molecule has 0 radical (unpaired) electrons. The predicted octanol–water partition coefficient (Wildman–Crippen LogP) is 1.42. The third-order valence-electron chi connectivity index (χ3n) is 3.33. The van der Waals surface area contributed by atoms with Crippen LogP contribution >= 0.6 is 0 Å². The van der Waals surface area contributed by atoms with Gasteiger partial charge in [-0.3, -0.25) is 0 Å². The molecule has 0 aliphatic rings. The number of sulfone groups is 1. The van der Waals surface area contributed by atoms with Crippen LogP contribution < -0.4 is 0 Å². The van der Waals surface area contributed by atoms with Crippen molar-refractivity contribution in [1.29, 1.82) is 0 Å². The van der Waals surface area contributed by atoms with Crippen LogP contribution in [0.1, 0.15) is 27.3 Å². The number of aryl methyl sites for hydroxylation is 1. The van der Waals surface area contributed by atoms with Gasteiger partial charge in [-0.05, 0) is 18.1 Å². The minimum atomic E-state index is -3.58. The van der Waals surface area contributed by atoms with Crippen LogP contribution in [0.4, 0.5) is 0 Å². The number of benzene rings is 1. The van der Waals surface area contributed by atoms with Gasteiger partial charge >= 0.3 is 5.97 Å². The second-order valence-corrected chi connectivity index (χ2v) is 6.84. The molecule has 112 valence electrons. The molecule has 1 heterocycles. The van der Waals surface area contributed by atoms with Gasteiger partial charge in [0.2, 0.25) is 15.0 Å².